The van der Waals surface area contributed by atoms with Crippen LogP contribution in [0.15, 0.2) is 0 Å². The van der Waals surface area contributed by atoms with Gasteiger partial charge in [-0.25, -0.2) is 0 Å². The third-order valence-electron chi connectivity index (χ3n) is 3.43. The Labute approximate surface area is 126 Å². The second-order valence-corrected chi connectivity index (χ2v) is 5.30. The van der Waals surface area contributed by atoms with Crippen molar-refractivity contribution in [2.75, 3.05) is 35.6 Å². The van der Waals surface area contributed by atoms with Gasteiger partial charge in [-0.3, -0.25) is 14.9 Å². The molecule has 0 saturated carbocycles. The van der Waals surface area contributed by atoms with E-state index >= 15 is 0 Å². The fraction of sp³-hybridized carbons (Fsp3) is 0.583. The zero-order valence-corrected chi connectivity index (χ0v) is 12.2. The molecule has 1 aliphatic heterocycles. The zero-order chi connectivity index (χ0) is 16.3. The van der Waals surface area contributed by atoms with E-state index in [2.05, 4.69) is 22.2 Å². The predicted octanol–water partition coefficient (Wildman–Crippen LogP) is 0.700. The molecule has 0 bridgehead atoms. The summed E-state index contributed by atoms with van der Waals surface area (Å²) in [5.74, 6) is -0.870. The van der Waals surface area contributed by atoms with Crippen LogP contribution in [-0.2, 0) is 4.79 Å². The summed E-state index contributed by atoms with van der Waals surface area (Å²) in [7, 11) is 0. The van der Waals surface area contributed by atoms with Crippen molar-refractivity contribution in [3.05, 3.63) is 10.1 Å². The second-order valence-electron chi connectivity index (χ2n) is 5.30. The van der Waals surface area contributed by atoms with Gasteiger partial charge < -0.3 is 21.1 Å². The molecule has 1 atom stereocenters. The number of anilines is 3. The topological polar surface area (TPSA) is 148 Å². The zero-order valence-electron chi connectivity index (χ0n) is 12.2. The van der Waals surface area contributed by atoms with Crippen LogP contribution in [0.4, 0.5) is 23.3 Å². The number of hydrogen-bond donors (Lipinski definition) is 3. The maximum atomic E-state index is 11.2. The lowest BCUT2D eigenvalue weighted by molar-refractivity contribution is -0.383. The van der Waals surface area contributed by atoms with Gasteiger partial charge in [0.15, 0.2) is 0 Å². The van der Waals surface area contributed by atoms with Crippen molar-refractivity contribution in [2.45, 2.75) is 19.8 Å². The normalized spacial score (nSPS) is 18.0. The summed E-state index contributed by atoms with van der Waals surface area (Å²) >= 11 is 0. The van der Waals surface area contributed by atoms with Gasteiger partial charge in [0.1, 0.15) is 6.54 Å². The van der Waals surface area contributed by atoms with E-state index in [1.807, 2.05) is 0 Å². The predicted molar refractivity (Wildman–Crippen MR) is 79.8 cm³/mol. The highest BCUT2D eigenvalue weighted by Gasteiger charge is 2.29. The van der Waals surface area contributed by atoms with Gasteiger partial charge in [-0.15, -0.1) is 0 Å². The van der Waals surface area contributed by atoms with Crippen LogP contribution in [0, 0.1) is 16.0 Å². The van der Waals surface area contributed by atoms with E-state index in [0.717, 1.165) is 12.8 Å². The Balaban J connectivity index is 2.38. The van der Waals surface area contributed by atoms with Crippen molar-refractivity contribution < 1.29 is 14.8 Å². The van der Waals surface area contributed by atoms with Crippen LogP contribution in [0.25, 0.3) is 0 Å². The SMILES string of the molecule is C[C@@H]1CCCN(c2nc(NCC(=O)O)nc(N)c2[N+](=O)[O-])C1. The van der Waals surface area contributed by atoms with E-state index in [-0.39, 0.29) is 23.3 Å². The molecule has 2 rings (SSSR count). The fourth-order valence-corrected chi connectivity index (χ4v) is 2.47. The van der Waals surface area contributed by atoms with Crippen LogP contribution in [0.1, 0.15) is 19.8 Å². The molecule has 4 N–H and O–H groups in total. The summed E-state index contributed by atoms with van der Waals surface area (Å²) < 4.78 is 0. The van der Waals surface area contributed by atoms with Crippen LogP contribution >= 0.6 is 0 Å². The molecule has 10 nitrogen and oxygen atoms in total. The molecular formula is C12H18N6O4. The van der Waals surface area contributed by atoms with Crippen molar-refractivity contribution in [3.8, 4) is 0 Å². The van der Waals surface area contributed by atoms with Gasteiger partial charge in [-0.1, -0.05) is 6.92 Å². The lowest BCUT2D eigenvalue weighted by atomic mass is 10.0. The van der Waals surface area contributed by atoms with Crippen LogP contribution in [0.3, 0.4) is 0 Å². The third kappa shape index (κ3) is 3.51. The molecule has 10 heteroatoms. The van der Waals surface area contributed by atoms with E-state index in [4.69, 9.17) is 10.8 Å². The minimum Gasteiger partial charge on any atom is -0.480 e. The number of hydrogen-bond acceptors (Lipinski definition) is 8. The van der Waals surface area contributed by atoms with Gasteiger partial charge in [0.25, 0.3) is 0 Å². The number of nitrogens with one attached hydrogen (secondary N) is 1. The number of nitrogens with zero attached hydrogens (tertiary/aromatic N) is 4. The quantitative estimate of drug-likeness (QED) is 0.527. The van der Waals surface area contributed by atoms with E-state index < -0.39 is 17.4 Å². The number of nitrogen functional groups attached to an aromatic ring is 1. The van der Waals surface area contributed by atoms with Crippen molar-refractivity contribution in [2.24, 2.45) is 5.92 Å². The standard InChI is InChI=1S/C12H18N6O4/c1-7-3-2-4-17(6-7)11-9(18(21)22)10(13)15-12(16-11)14-5-8(19)20/h7H,2-6H2,1H3,(H,19,20)(H3,13,14,15,16)/t7-/m1/s1. The summed E-state index contributed by atoms with van der Waals surface area (Å²) in [5, 5.41) is 22.4. The second kappa shape index (κ2) is 6.41. The van der Waals surface area contributed by atoms with Gasteiger partial charge in [0.05, 0.1) is 4.92 Å². The first-order valence-electron chi connectivity index (χ1n) is 6.91. The van der Waals surface area contributed by atoms with Crippen molar-refractivity contribution in [3.63, 3.8) is 0 Å². The lowest BCUT2D eigenvalue weighted by Crippen LogP contribution is -2.35. The molecular weight excluding hydrogens is 292 g/mol. The molecule has 0 amide bonds. The Morgan fingerprint density at radius 2 is 2.32 bits per heavy atom. The number of nitrogens with two attached hydrogens (primary N) is 1. The number of carboxylic acid groups (broad SMARTS) is 1. The number of carbonyl (C=O) groups is 1. The Hall–Kier alpha value is -2.65. The largest absolute Gasteiger partial charge is 0.480 e. The smallest absolute Gasteiger partial charge is 0.353 e. The van der Waals surface area contributed by atoms with Crippen LogP contribution in [0.2, 0.25) is 0 Å². The molecule has 0 unspecified atom stereocenters. The number of aromatic nitrogens is 2. The molecule has 22 heavy (non-hydrogen) atoms. The molecule has 1 fully saturated rings. The Bertz CT molecular complexity index is 593. The molecule has 1 aromatic heterocycles. The first-order chi connectivity index (χ1) is 10.4. The summed E-state index contributed by atoms with van der Waals surface area (Å²) in [5.41, 5.74) is 5.33. The highest BCUT2D eigenvalue weighted by Crippen LogP contribution is 2.34. The Morgan fingerprint density at radius 3 is 2.91 bits per heavy atom. The average Bonchev–Trinajstić information content (AvgIpc) is 2.44. The number of aliphatic carboxylic acids is 1. The highest BCUT2D eigenvalue weighted by atomic mass is 16.6. The molecule has 0 aromatic carbocycles. The number of nitro groups is 1. The van der Waals surface area contributed by atoms with Gasteiger partial charge in [0.2, 0.25) is 17.6 Å². The van der Waals surface area contributed by atoms with E-state index in [1.54, 1.807) is 4.90 Å². The third-order valence-corrected chi connectivity index (χ3v) is 3.43. The Kier molecular flexibility index (Phi) is 4.59. The van der Waals surface area contributed by atoms with Crippen LogP contribution < -0.4 is 16.0 Å². The van der Waals surface area contributed by atoms with Crippen molar-refractivity contribution in [1.29, 1.82) is 0 Å². The molecule has 120 valence electrons. The van der Waals surface area contributed by atoms with Gasteiger partial charge in [-0.05, 0) is 18.8 Å². The molecule has 1 saturated heterocycles. The maximum Gasteiger partial charge on any atom is 0.353 e. The minimum atomic E-state index is -1.09. The van der Waals surface area contributed by atoms with Crippen LogP contribution in [0.5, 0.6) is 0 Å². The van der Waals surface area contributed by atoms with Gasteiger partial charge >= 0.3 is 11.7 Å². The molecule has 1 aromatic rings. The first kappa shape index (κ1) is 15.7. The van der Waals surface area contributed by atoms with Crippen LogP contribution in [-0.4, -0.2) is 45.6 Å². The van der Waals surface area contributed by atoms with Crippen molar-refractivity contribution >= 4 is 29.2 Å². The number of carboxylic acids is 1. The average molecular weight is 310 g/mol. The van der Waals surface area contributed by atoms with E-state index in [1.165, 1.54) is 0 Å². The first-order valence-corrected chi connectivity index (χ1v) is 6.91. The van der Waals surface area contributed by atoms with Gasteiger partial charge in [0, 0.05) is 13.1 Å². The van der Waals surface area contributed by atoms with E-state index in [9.17, 15) is 14.9 Å². The van der Waals surface area contributed by atoms with E-state index in [0.29, 0.717) is 19.0 Å². The Morgan fingerprint density at radius 1 is 1.59 bits per heavy atom. The minimum absolute atomic E-state index is 0.0290. The maximum absolute atomic E-state index is 11.2. The number of rotatable bonds is 5. The number of piperidine rings is 1. The summed E-state index contributed by atoms with van der Waals surface area (Å²) in [6.45, 7) is 2.94. The molecule has 2 heterocycles. The summed E-state index contributed by atoms with van der Waals surface area (Å²) in [6, 6.07) is 0. The lowest BCUT2D eigenvalue weighted by Gasteiger charge is -2.31. The summed E-state index contributed by atoms with van der Waals surface area (Å²) in [6.07, 6.45) is 1.95. The van der Waals surface area contributed by atoms with Crippen molar-refractivity contribution in [1.82, 2.24) is 9.97 Å². The molecule has 1 aliphatic rings. The molecule has 0 spiro atoms. The van der Waals surface area contributed by atoms with Gasteiger partial charge in [-0.2, -0.15) is 9.97 Å². The summed E-state index contributed by atoms with van der Waals surface area (Å²) in [4.78, 5) is 30.9. The monoisotopic (exact) mass is 310 g/mol. The molecule has 0 radical (unpaired) electrons. The molecule has 0 aliphatic carbocycles. The fourth-order valence-electron chi connectivity index (χ4n) is 2.47. The highest BCUT2D eigenvalue weighted by molar-refractivity contribution is 5.74.